The summed E-state index contributed by atoms with van der Waals surface area (Å²) in [4.78, 5) is 26.9. The van der Waals surface area contributed by atoms with Crippen molar-refractivity contribution in [3.63, 3.8) is 0 Å². The topological polar surface area (TPSA) is 82.3 Å². The molecule has 0 aliphatic heterocycles. The number of ether oxygens (including phenoxy) is 1. The van der Waals surface area contributed by atoms with Crippen LogP contribution in [0.1, 0.15) is 10.4 Å². The molecule has 0 atom stereocenters. The van der Waals surface area contributed by atoms with Gasteiger partial charge in [-0.15, -0.1) is 0 Å². The molecule has 1 heterocycles. The molecule has 8 heteroatoms. The van der Waals surface area contributed by atoms with Crippen LogP contribution in [-0.4, -0.2) is 15.9 Å². The van der Waals surface area contributed by atoms with Gasteiger partial charge in [-0.3, -0.25) is 15.1 Å². The summed E-state index contributed by atoms with van der Waals surface area (Å²) in [5.74, 6) is -0.904. The summed E-state index contributed by atoms with van der Waals surface area (Å²) >= 11 is 12.2. The van der Waals surface area contributed by atoms with Crippen molar-refractivity contribution in [1.82, 2.24) is 4.98 Å². The molecular formula is C16H8Cl2N2O4. The monoisotopic (exact) mass is 362 g/mol. The van der Waals surface area contributed by atoms with Gasteiger partial charge in [0.05, 0.1) is 15.0 Å². The molecule has 2 aromatic carbocycles. The number of aromatic nitrogens is 1. The summed E-state index contributed by atoms with van der Waals surface area (Å²) in [6, 6.07) is 10.3. The van der Waals surface area contributed by atoms with Gasteiger partial charge in [-0.25, -0.2) is 4.79 Å². The Kier molecular flexibility index (Phi) is 4.33. The highest BCUT2D eigenvalue weighted by atomic mass is 35.5. The van der Waals surface area contributed by atoms with Gasteiger partial charge in [0.15, 0.2) is 5.75 Å². The molecule has 0 N–H and O–H groups in total. The third-order valence-electron chi connectivity index (χ3n) is 3.27. The van der Waals surface area contributed by atoms with E-state index >= 15 is 0 Å². The molecule has 0 aliphatic rings. The van der Waals surface area contributed by atoms with Crippen LogP contribution in [0.25, 0.3) is 10.9 Å². The van der Waals surface area contributed by atoms with Gasteiger partial charge in [-0.1, -0.05) is 35.3 Å². The summed E-state index contributed by atoms with van der Waals surface area (Å²) in [6.45, 7) is 0. The molecule has 3 rings (SSSR count). The lowest BCUT2D eigenvalue weighted by atomic mass is 10.1. The first-order chi connectivity index (χ1) is 11.5. The van der Waals surface area contributed by atoms with Crippen LogP contribution in [0.15, 0.2) is 48.7 Å². The van der Waals surface area contributed by atoms with Crippen LogP contribution in [0.3, 0.4) is 0 Å². The zero-order valence-corrected chi connectivity index (χ0v) is 13.4. The molecule has 120 valence electrons. The van der Waals surface area contributed by atoms with Crippen LogP contribution in [0.2, 0.25) is 10.0 Å². The molecule has 24 heavy (non-hydrogen) atoms. The first kappa shape index (κ1) is 16.2. The van der Waals surface area contributed by atoms with Crippen LogP contribution < -0.4 is 4.74 Å². The molecule has 6 nitrogen and oxygen atoms in total. The fraction of sp³-hybridized carbons (Fsp3) is 0. The number of para-hydroxylation sites is 1. The van der Waals surface area contributed by atoms with Gasteiger partial charge in [0.2, 0.25) is 0 Å². The molecular weight excluding hydrogens is 355 g/mol. The molecule has 0 saturated heterocycles. The third-order valence-corrected chi connectivity index (χ3v) is 3.86. The Morgan fingerprint density at radius 3 is 2.62 bits per heavy atom. The second kappa shape index (κ2) is 6.43. The Bertz CT molecular complexity index is 975. The van der Waals surface area contributed by atoms with Gasteiger partial charge in [0, 0.05) is 17.6 Å². The minimum Gasteiger partial charge on any atom is -0.419 e. The minimum atomic E-state index is -0.904. The number of carbonyl (C=O) groups is 1. The molecule has 0 bridgehead atoms. The average molecular weight is 363 g/mol. The van der Waals surface area contributed by atoms with Gasteiger partial charge in [-0.2, -0.15) is 0 Å². The van der Waals surface area contributed by atoms with Crippen LogP contribution in [-0.2, 0) is 0 Å². The predicted octanol–water partition coefficient (Wildman–Crippen LogP) is 4.67. The maximum absolute atomic E-state index is 12.4. The van der Waals surface area contributed by atoms with Crippen LogP contribution in [0.5, 0.6) is 5.75 Å². The van der Waals surface area contributed by atoms with Crippen molar-refractivity contribution in [2.75, 3.05) is 0 Å². The number of carbonyl (C=O) groups excluding carboxylic acids is 1. The number of pyridine rings is 1. The summed E-state index contributed by atoms with van der Waals surface area (Å²) in [5.41, 5.74) is -0.246. The highest BCUT2D eigenvalue weighted by Gasteiger charge is 2.23. The Hall–Kier alpha value is -2.70. The Morgan fingerprint density at radius 2 is 1.88 bits per heavy atom. The van der Waals surface area contributed by atoms with Crippen LogP contribution in [0, 0.1) is 10.1 Å². The van der Waals surface area contributed by atoms with Crippen molar-refractivity contribution in [2.24, 2.45) is 0 Å². The van der Waals surface area contributed by atoms with Gasteiger partial charge < -0.3 is 4.74 Å². The first-order valence-electron chi connectivity index (χ1n) is 6.67. The molecule has 0 unspecified atom stereocenters. The van der Waals surface area contributed by atoms with E-state index in [1.165, 1.54) is 36.5 Å². The minimum absolute atomic E-state index is 0.000169. The number of hydrogen-bond acceptors (Lipinski definition) is 5. The number of nitrogens with zero attached hydrogens (tertiary/aromatic N) is 2. The van der Waals surface area contributed by atoms with Gasteiger partial charge >= 0.3 is 5.97 Å². The normalized spacial score (nSPS) is 10.6. The zero-order chi connectivity index (χ0) is 17.3. The van der Waals surface area contributed by atoms with E-state index in [0.717, 1.165) is 0 Å². The standard InChI is InChI=1S/C16H8Cl2N2O4/c17-11-8-12(18)15(14-9(11)5-3-7-19-14)24-16(21)10-4-1-2-6-13(10)20(22)23/h1-8H. The Labute approximate surface area is 145 Å². The maximum atomic E-state index is 12.4. The average Bonchev–Trinajstić information content (AvgIpc) is 2.58. The van der Waals surface area contributed by atoms with Crippen molar-refractivity contribution < 1.29 is 14.5 Å². The highest BCUT2D eigenvalue weighted by molar-refractivity contribution is 6.39. The fourth-order valence-corrected chi connectivity index (χ4v) is 2.75. The van der Waals surface area contributed by atoms with Crippen molar-refractivity contribution in [2.45, 2.75) is 0 Å². The molecule has 0 spiro atoms. The largest absolute Gasteiger partial charge is 0.419 e. The van der Waals surface area contributed by atoms with Crippen LogP contribution in [0.4, 0.5) is 5.69 Å². The van der Waals surface area contributed by atoms with E-state index in [1.54, 1.807) is 12.1 Å². The van der Waals surface area contributed by atoms with Gasteiger partial charge in [0.25, 0.3) is 5.69 Å². The molecule has 0 amide bonds. The Balaban J connectivity index is 2.08. The quantitative estimate of drug-likeness (QED) is 0.292. The second-order valence-corrected chi connectivity index (χ2v) is 5.55. The number of esters is 1. The summed E-state index contributed by atoms with van der Waals surface area (Å²) in [5, 5.41) is 12.0. The number of rotatable bonds is 3. The van der Waals surface area contributed by atoms with Crippen molar-refractivity contribution in [3.8, 4) is 5.75 Å². The predicted molar refractivity (Wildman–Crippen MR) is 89.8 cm³/mol. The highest BCUT2D eigenvalue weighted by Crippen LogP contribution is 2.37. The lowest BCUT2D eigenvalue weighted by molar-refractivity contribution is -0.385. The summed E-state index contributed by atoms with van der Waals surface area (Å²) < 4.78 is 5.29. The van der Waals surface area contributed by atoms with E-state index in [1.807, 2.05) is 0 Å². The Morgan fingerprint density at radius 1 is 1.12 bits per heavy atom. The molecule has 3 aromatic rings. The van der Waals surface area contributed by atoms with Crippen molar-refractivity contribution in [3.05, 3.63) is 74.4 Å². The van der Waals surface area contributed by atoms with E-state index in [-0.39, 0.29) is 22.0 Å². The van der Waals surface area contributed by atoms with Crippen molar-refractivity contribution in [1.29, 1.82) is 0 Å². The van der Waals surface area contributed by atoms with Crippen molar-refractivity contribution >= 4 is 45.8 Å². The number of hydrogen-bond donors (Lipinski definition) is 0. The molecule has 0 aliphatic carbocycles. The zero-order valence-electron chi connectivity index (χ0n) is 11.9. The number of halogens is 2. The van der Waals surface area contributed by atoms with Crippen LogP contribution >= 0.6 is 23.2 Å². The van der Waals surface area contributed by atoms with Gasteiger partial charge in [-0.05, 0) is 24.3 Å². The smallest absolute Gasteiger partial charge is 0.350 e. The number of fused-ring (bicyclic) bond motifs is 1. The third kappa shape index (κ3) is 2.89. The molecule has 0 saturated carbocycles. The maximum Gasteiger partial charge on any atom is 0.350 e. The lowest BCUT2D eigenvalue weighted by Crippen LogP contribution is -2.11. The lowest BCUT2D eigenvalue weighted by Gasteiger charge is -2.10. The number of nitro benzene ring substituents is 1. The molecule has 0 radical (unpaired) electrons. The van der Waals surface area contributed by atoms with E-state index < -0.39 is 10.9 Å². The van der Waals surface area contributed by atoms with E-state index in [9.17, 15) is 14.9 Å². The SMILES string of the molecule is O=C(Oc1c(Cl)cc(Cl)c2cccnc12)c1ccccc1[N+](=O)[O-]. The van der Waals surface area contributed by atoms with E-state index in [4.69, 9.17) is 27.9 Å². The summed E-state index contributed by atoms with van der Waals surface area (Å²) in [6.07, 6.45) is 1.50. The molecule has 1 aromatic heterocycles. The number of nitro groups is 1. The number of benzene rings is 2. The van der Waals surface area contributed by atoms with E-state index in [2.05, 4.69) is 4.98 Å². The van der Waals surface area contributed by atoms with E-state index in [0.29, 0.717) is 15.9 Å². The second-order valence-electron chi connectivity index (χ2n) is 4.73. The summed E-state index contributed by atoms with van der Waals surface area (Å²) in [7, 11) is 0. The molecule has 0 fully saturated rings. The van der Waals surface area contributed by atoms with Gasteiger partial charge in [0.1, 0.15) is 11.1 Å². The fourth-order valence-electron chi connectivity index (χ4n) is 2.20. The first-order valence-corrected chi connectivity index (χ1v) is 7.43.